The molecule has 1 unspecified atom stereocenters. The molecule has 1 aromatic rings. The largest absolute Gasteiger partial charge is 0.496 e. The summed E-state index contributed by atoms with van der Waals surface area (Å²) in [5, 5.41) is 6.42. The van der Waals surface area contributed by atoms with Crippen molar-refractivity contribution in [3.63, 3.8) is 0 Å². The molecule has 2 rings (SSSR count). The van der Waals surface area contributed by atoms with Gasteiger partial charge in [-0.15, -0.1) is 0 Å². The van der Waals surface area contributed by atoms with Gasteiger partial charge in [-0.3, -0.25) is 5.10 Å². The molecule has 0 spiro atoms. The van der Waals surface area contributed by atoms with E-state index in [1.807, 2.05) is 6.08 Å². The van der Waals surface area contributed by atoms with Gasteiger partial charge < -0.3 is 10.5 Å². The van der Waals surface area contributed by atoms with Crippen molar-refractivity contribution >= 4 is 0 Å². The van der Waals surface area contributed by atoms with Gasteiger partial charge in [-0.2, -0.15) is 5.10 Å². The second-order valence-corrected chi connectivity index (χ2v) is 2.59. The van der Waals surface area contributed by atoms with E-state index >= 15 is 0 Å². The van der Waals surface area contributed by atoms with E-state index < -0.39 is 0 Å². The second kappa shape index (κ2) is 2.94. The van der Waals surface area contributed by atoms with Crippen LogP contribution in [0.15, 0.2) is 18.2 Å². The van der Waals surface area contributed by atoms with E-state index in [-0.39, 0.29) is 6.04 Å². The fraction of sp³-hybridized carbons (Fsp3) is 0.429. The first-order valence-electron chi connectivity index (χ1n) is 3.81. The summed E-state index contributed by atoms with van der Waals surface area (Å²) in [4.78, 5) is 3.95. The molecule has 5 heteroatoms. The molecule has 0 radical (unpaired) electrons. The molecule has 5 nitrogen and oxygen atoms in total. The Kier molecular flexibility index (Phi) is 1.79. The Labute approximate surface area is 69.6 Å². The van der Waals surface area contributed by atoms with Gasteiger partial charge in [-0.1, -0.05) is 0 Å². The van der Waals surface area contributed by atoms with Crippen LogP contribution in [0.4, 0.5) is 0 Å². The summed E-state index contributed by atoms with van der Waals surface area (Å²) in [6.07, 6.45) is 4.34. The lowest BCUT2D eigenvalue weighted by Gasteiger charge is -2.09. The smallest absolute Gasteiger partial charge is 0.148 e. The summed E-state index contributed by atoms with van der Waals surface area (Å²) in [6, 6.07) is -0.296. The van der Waals surface area contributed by atoms with E-state index in [4.69, 9.17) is 10.5 Å². The molecule has 64 valence electrons. The second-order valence-electron chi connectivity index (χ2n) is 2.59. The van der Waals surface area contributed by atoms with Crippen molar-refractivity contribution in [1.29, 1.82) is 0 Å². The van der Waals surface area contributed by atoms with Crippen LogP contribution in [-0.4, -0.2) is 21.8 Å². The van der Waals surface area contributed by atoms with Crippen LogP contribution in [0.1, 0.15) is 18.3 Å². The highest BCUT2D eigenvalue weighted by Gasteiger charge is 2.18. The van der Waals surface area contributed by atoms with E-state index in [2.05, 4.69) is 15.2 Å². The predicted molar refractivity (Wildman–Crippen MR) is 42.0 cm³/mol. The Balaban J connectivity index is 2.14. The van der Waals surface area contributed by atoms with Crippen molar-refractivity contribution in [2.24, 2.45) is 5.73 Å². The molecular formula is C7H10N4O. The van der Waals surface area contributed by atoms with Crippen molar-refractivity contribution in [2.45, 2.75) is 12.5 Å². The highest BCUT2D eigenvalue weighted by molar-refractivity contribution is 5.12. The molecule has 12 heavy (non-hydrogen) atoms. The summed E-state index contributed by atoms with van der Waals surface area (Å²) in [7, 11) is 0. The lowest BCUT2D eigenvalue weighted by molar-refractivity contribution is 0.223. The Morgan fingerprint density at radius 2 is 2.58 bits per heavy atom. The van der Waals surface area contributed by atoms with Crippen molar-refractivity contribution in [2.75, 3.05) is 6.61 Å². The number of rotatable bonds is 2. The third-order valence-corrected chi connectivity index (χ3v) is 1.77. The molecule has 1 atom stereocenters. The molecule has 0 fully saturated rings. The van der Waals surface area contributed by atoms with Crippen molar-refractivity contribution in [3.05, 3.63) is 24.0 Å². The zero-order valence-electron chi connectivity index (χ0n) is 6.53. The molecular weight excluding hydrogens is 156 g/mol. The van der Waals surface area contributed by atoms with Crippen LogP contribution in [0.3, 0.4) is 0 Å². The summed E-state index contributed by atoms with van der Waals surface area (Å²) < 4.78 is 5.29. The molecule has 0 amide bonds. The Hall–Kier alpha value is -1.36. The van der Waals surface area contributed by atoms with Crippen LogP contribution in [0, 0.1) is 0 Å². The minimum atomic E-state index is -0.296. The number of nitrogens with two attached hydrogens (primary N) is 1. The summed E-state index contributed by atoms with van der Waals surface area (Å²) >= 11 is 0. The number of hydrogen-bond acceptors (Lipinski definition) is 4. The van der Waals surface area contributed by atoms with E-state index in [0.717, 1.165) is 18.8 Å². The normalized spacial score (nSPS) is 18.6. The van der Waals surface area contributed by atoms with Crippen LogP contribution < -0.4 is 5.73 Å². The molecule has 1 aromatic heterocycles. The summed E-state index contributed by atoms with van der Waals surface area (Å²) in [5.41, 5.74) is 5.82. The summed E-state index contributed by atoms with van der Waals surface area (Å²) in [5.74, 6) is 1.43. The molecule has 0 aliphatic carbocycles. The topological polar surface area (TPSA) is 76.8 Å². The van der Waals surface area contributed by atoms with Gasteiger partial charge in [0.1, 0.15) is 24.0 Å². The van der Waals surface area contributed by atoms with Gasteiger partial charge in [-0.25, -0.2) is 4.98 Å². The number of nitrogens with one attached hydrogen (secondary N) is 1. The van der Waals surface area contributed by atoms with Crippen LogP contribution in [0.2, 0.25) is 0 Å². The molecule has 1 aliphatic rings. The van der Waals surface area contributed by atoms with Gasteiger partial charge >= 0.3 is 0 Å². The Morgan fingerprint density at radius 3 is 3.17 bits per heavy atom. The van der Waals surface area contributed by atoms with Gasteiger partial charge in [0.15, 0.2) is 0 Å². The maximum Gasteiger partial charge on any atom is 0.148 e. The van der Waals surface area contributed by atoms with E-state index in [1.54, 1.807) is 0 Å². The average molecular weight is 166 g/mol. The predicted octanol–water partition coefficient (Wildman–Crippen LogP) is 0.109. The monoisotopic (exact) mass is 166 g/mol. The van der Waals surface area contributed by atoms with E-state index in [1.165, 1.54) is 6.33 Å². The van der Waals surface area contributed by atoms with Gasteiger partial charge in [-0.05, 0) is 6.08 Å². The van der Waals surface area contributed by atoms with E-state index in [9.17, 15) is 0 Å². The average Bonchev–Trinajstić information content (AvgIpc) is 2.77. The molecule has 0 bridgehead atoms. The highest BCUT2D eigenvalue weighted by Crippen LogP contribution is 2.20. The SMILES string of the molecule is NC(C1=CCCO1)c1ncn[nH]1. The summed E-state index contributed by atoms with van der Waals surface area (Å²) in [6.45, 7) is 0.719. The van der Waals surface area contributed by atoms with Gasteiger partial charge in [0.25, 0.3) is 0 Å². The fourth-order valence-electron chi connectivity index (χ4n) is 1.15. The minimum Gasteiger partial charge on any atom is -0.496 e. The lowest BCUT2D eigenvalue weighted by atomic mass is 10.2. The Bertz CT molecular complexity index is 280. The molecule has 0 saturated heterocycles. The van der Waals surface area contributed by atoms with Crippen molar-refractivity contribution in [1.82, 2.24) is 15.2 Å². The third kappa shape index (κ3) is 1.18. The number of nitrogens with zero attached hydrogens (tertiary/aromatic N) is 2. The zero-order chi connectivity index (χ0) is 8.39. The maximum atomic E-state index is 5.82. The van der Waals surface area contributed by atoms with Crippen molar-refractivity contribution in [3.8, 4) is 0 Å². The van der Waals surface area contributed by atoms with Crippen LogP contribution in [0.25, 0.3) is 0 Å². The number of aromatic amines is 1. The maximum absolute atomic E-state index is 5.82. The zero-order valence-corrected chi connectivity index (χ0v) is 6.53. The van der Waals surface area contributed by atoms with Crippen LogP contribution in [0.5, 0.6) is 0 Å². The molecule has 0 aromatic carbocycles. The standard InChI is InChI=1S/C7H10N4O/c8-6(5-2-1-3-12-5)7-9-4-10-11-7/h2,4,6H,1,3,8H2,(H,9,10,11). The fourth-order valence-corrected chi connectivity index (χ4v) is 1.15. The quantitative estimate of drug-likeness (QED) is 0.653. The lowest BCUT2D eigenvalue weighted by Crippen LogP contribution is -2.15. The third-order valence-electron chi connectivity index (χ3n) is 1.77. The van der Waals surface area contributed by atoms with Crippen LogP contribution >= 0.6 is 0 Å². The van der Waals surface area contributed by atoms with Gasteiger partial charge in [0.05, 0.1) is 6.61 Å². The first-order valence-corrected chi connectivity index (χ1v) is 3.81. The first kappa shape index (κ1) is 7.30. The van der Waals surface area contributed by atoms with Crippen LogP contribution in [-0.2, 0) is 4.74 Å². The molecule has 1 aliphatic heterocycles. The molecule has 3 N–H and O–H groups in total. The minimum absolute atomic E-state index is 0.296. The number of H-pyrrole nitrogens is 1. The first-order chi connectivity index (χ1) is 5.88. The molecule has 0 saturated carbocycles. The van der Waals surface area contributed by atoms with Gasteiger partial charge in [0, 0.05) is 6.42 Å². The number of aromatic nitrogens is 3. The number of hydrogen-bond donors (Lipinski definition) is 2. The molecule has 2 heterocycles. The number of ether oxygens (including phenoxy) is 1. The highest BCUT2D eigenvalue weighted by atomic mass is 16.5. The Morgan fingerprint density at radius 1 is 1.67 bits per heavy atom. The van der Waals surface area contributed by atoms with E-state index in [0.29, 0.717) is 5.82 Å². The van der Waals surface area contributed by atoms with Gasteiger partial charge in [0.2, 0.25) is 0 Å². The van der Waals surface area contributed by atoms with Crippen molar-refractivity contribution < 1.29 is 4.74 Å².